The summed E-state index contributed by atoms with van der Waals surface area (Å²) < 4.78 is 0. The minimum absolute atomic E-state index is 0.205. The number of imidazole rings is 3. The fraction of sp³-hybridized carbons (Fsp3) is 0.571. The maximum absolute atomic E-state index is 5.00. The van der Waals surface area contributed by atoms with E-state index in [1.54, 1.807) is 12.7 Å². The van der Waals surface area contributed by atoms with Gasteiger partial charge in [0.05, 0.1) is 12.7 Å². The Morgan fingerprint density at radius 2 is 1.00 bits per heavy atom. The molecule has 0 aliphatic rings. The van der Waals surface area contributed by atoms with E-state index in [0.717, 1.165) is 0 Å². The molecule has 0 radical (unpaired) electrons. The van der Waals surface area contributed by atoms with Gasteiger partial charge >= 0.3 is 49.6 Å². The molecule has 3 rings (SSSR count). The van der Waals surface area contributed by atoms with Crippen molar-refractivity contribution in [1.29, 1.82) is 0 Å². The third-order valence-electron chi connectivity index (χ3n) is 3.96. The average molecular weight is 616 g/mol. The molecule has 3 heterocycles. The molecule has 0 aliphatic carbocycles. The van der Waals surface area contributed by atoms with E-state index in [0.29, 0.717) is 0 Å². The molecule has 0 spiro atoms. The molecule has 4 N–H and O–H groups in total. The predicted octanol–water partition coefficient (Wildman–Crippen LogP) is 7.30. The van der Waals surface area contributed by atoms with Crippen molar-refractivity contribution in [3.63, 3.8) is 0 Å². The van der Waals surface area contributed by atoms with Gasteiger partial charge in [0.1, 0.15) is 11.9 Å². The zero-order valence-electron chi connectivity index (χ0n) is 20.2. The van der Waals surface area contributed by atoms with Gasteiger partial charge in [-0.25, -0.2) is 15.0 Å². The third-order valence-corrected chi connectivity index (χ3v) is 3.96. The van der Waals surface area contributed by atoms with E-state index < -0.39 is 10.8 Å². The van der Waals surface area contributed by atoms with Gasteiger partial charge in [-0.1, -0.05) is 62.3 Å². The first-order valence-electron chi connectivity index (χ1n) is 9.88. The second-order valence-electron chi connectivity index (χ2n) is 10.00. The molecule has 32 heavy (non-hydrogen) atoms. The van der Waals surface area contributed by atoms with Crippen LogP contribution in [0, 0.1) is 0 Å². The second kappa shape index (κ2) is 13.3. The molecule has 0 saturated carbocycles. The fourth-order valence-electron chi connectivity index (χ4n) is 2.05. The van der Waals surface area contributed by atoms with Crippen LogP contribution in [0.15, 0.2) is 37.6 Å². The number of aromatic amines is 4. The number of hydrogen-bond donors (Lipinski definition) is 3. The van der Waals surface area contributed by atoms with Crippen molar-refractivity contribution in [2.75, 3.05) is 0 Å². The van der Waals surface area contributed by atoms with Gasteiger partial charge in [-0.3, -0.25) is 4.98 Å². The SMILES string of the molecule is CC(C)(C)c1c[nH+]c[nH]1.CC(C)(C)c1cnc[nH]1.CC(C)(C)c1cnc[nH]1.[Cl][Ru-]([Cl])([Cl])[Cl]. The van der Waals surface area contributed by atoms with Crippen molar-refractivity contribution >= 4 is 38.8 Å². The first-order chi connectivity index (χ1) is 14.3. The predicted molar refractivity (Wildman–Crippen MR) is 134 cm³/mol. The van der Waals surface area contributed by atoms with Crippen molar-refractivity contribution in [3.8, 4) is 0 Å². The molecule has 0 unspecified atom stereocenters. The average Bonchev–Trinajstić information content (AvgIpc) is 3.33. The van der Waals surface area contributed by atoms with Crippen LogP contribution < -0.4 is 4.98 Å². The molecule has 6 nitrogen and oxygen atoms in total. The Morgan fingerprint density at radius 1 is 0.656 bits per heavy atom. The Hall–Kier alpha value is -0.587. The van der Waals surface area contributed by atoms with Crippen molar-refractivity contribution in [2.24, 2.45) is 0 Å². The van der Waals surface area contributed by atoms with Gasteiger partial charge in [-0.05, 0) is 0 Å². The Morgan fingerprint density at radius 3 is 1.12 bits per heavy atom. The van der Waals surface area contributed by atoms with Crippen molar-refractivity contribution in [2.45, 2.75) is 78.6 Å². The molecule has 0 fully saturated rings. The van der Waals surface area contributed by atoms with E-state index >= 15 is 0 Å². The first kappa shape index (κ1) is 31.4. The molecule has 0 atom stereocenters. The van der Waals surface area contributed by atoms with E-state index in [1.165, 1.54) is 17.1 Å². The fourth-order valence-corrected chi connectivity index (χ4v) is 2.05. The van der Waals surface area contributed by atoms with Gasteiger partial charge in [0.15, 0.2) is 0 Å². The first-order valence-corrected chi connectivity index (χ1v) is 18.8. The second-order valence-corrected chi connectivity index (χ2v) is 25.8. The van der Waals surface area contributed by atoms with E-state index in [4.69, 9.17) is 38.8 Å². The van der Waals surface area contributed by atoms with Gasteiger partial charge < -0.3 is 9.97 Å². The maximum atomic E-state index is 5.00. The molecule has 0 aliphatic heterocycles. The molecular weight excluding hydrogens is 579 g/mol. The summed E-state index contributed by atoms with van der Waals surface area (Å²) in [6, 6.07) is 0. The summed E-state index contributed by atoms with van der Waals surface area (Å²) in [5.74, 6) is 0. The Balaban J connectivity index is 0.000000410. The molecule has 3 aromatic rings. The van der Waals surface area contributed by atoms with Crippen molar-refractivity contribution < 1.29 is 15.8 Å². The monoisotopic (exact) mass is 615 g/mol. The van der Waals surface area contributed by atoms with Gasteiger partial charge in [-0.15, -0.1) is 0 Å². The topological polar surface area (TPSA) is 87.3 Å². The normalized spacial score (nSPS) is 12.4. The summed E-state index contributed by atoms with van der Waals surface area (Å²) in [4.78, 5) is 20.1. The number of hydrogen-bond acceptors (Lipinski definition) is 2. The van der Waals surface area contributed by atoms with Gasteiger partial charge in [0.2, 0.25) is 6.33 Å². The number of H-pyrrole nitrogens is 4. The zero-order chi connectivity index (χ0) is 25.2. The molecule has 0 amide bonds. The van der Waals surface area contributed by atoms with Crippen LogP contribution in [0.2, 0.25) is 0 Å². The Bertz CT molecular complexity index is 712. The molecular formula is C21H37Cl4N6Ru. The van der Waals surface area contributed by atoms with Crippen LogP contribution >= 0.6 is 38.8 Å². The van der Waals surface area contributed by atoms with Gasteiger partial charge in [0.25, 0.3) is 0 Å². The van der Waals surface area contributed by atoms with Crippen LogP contribution in [-0.4, -0.2) is 24.9 Å². The van der Waals surface area contributed by atoms with Crippen LogP contribution in [0.3, 0.4) is 0 Å². The van der Waals surface area contributed by atoms with E-state index in [2.05, 4.69) is 92.2 Å². The van der Waals surface area contributed by atoms with E-state index in [1.807, 2.05) is 24.9 Å². The van der Waals surface area contributed by atoms with Crippen LogP contribution in [-0.2, 0) is 27.1 Å². The van der Waals surface area contributed by atoms with Gasteiger partial charge in [0, 0.05) is 40.0 Å². The zero-order valence-corrected chi connectivity index (χ0v) is 25.0. The van der Waals surface area contributed by atoms with Crippen LogP contribution in [0.1, 0.15) is 79.4 Å². The van der Waals surface area contributed by atoms with Crippen LogP contribution in [0.25, 0.3) is 0 Å². The summed E-state index contributed by atoms with van der Waals surface area (Å²) >= 11 is 0. The number of aromatic nitrogens is 6. The number of nitrogens with one attached hydrogen (secondary N) is 4. The van der Waals surface area contributed by atoms with Crippen LogP contribution in [0.4, 0.5) is 0 Å². The summed E-state index contributed by atoms with van der Waals surface area (Å²) in [5, 5.41) is 0. The van der Waals surface area contributed by atoms with Crippen molar-refractivity contribution in [1.82, 2.24) is 24.9 Å². The number of rotatable bonds is 0. The summed E-state index contributed by atoms with van der Waals surface area (Å²) in [5.41, 5.74) is 4.25. The van der Waals surface area contributed by atoms with Crippen molar-refractivity contribution in [3.05, 3.63) is 54.7 Å². The Labute approximate surface area is 211 Å². The molecule has 3 aromatic heterocycles. The summed E-state index contributed by atoms with van der Waals surface area (Å²) in [7, 11) is 17.0. The number of nitrogens with zero attached hydrogens (tertiary/aromatic N) is 2. The minimum atomic E-state index is -2.97. The molecule has 0 aromatic carbocycles. The standard InChI is InChI=1S/3C7H12N2.4ClH.Ru/c3*1-7(2,3)6-4-8-5-9-6;;;;;/h3*4-5H,1-3H3,(H,8,9);4*1H;/q;;;;;;;+3/p-3. The third kappa shape index (κ3) is 16.1. The quantitative estimate of drug-likeness (QED) is 0.232. The molecule has 11 heteroatoms. The summed E-state index contributed by atoms with van der Waals surface area (Å²) in [6.45, 7) is 19.4. The number of halogens is 4. The van der Waals surface area contributed by atoms with E-state index in [9.17, 15) is 0 Å². The van der Waals surface area contributed by atoms with Crippen LogP contribution in [0.5, 0.6) is 0 Å². The Kier molecular flexibility index (Phi) is 13.1. The van der Waals surface area contributed by atoms with Gasteiger partial charge in [-0.2, -0.15) is 0 Å². The van der Waals surface area contributed by atoms with E-state index in [-0.39, 0.29) is 16.2 Å². The molecule has 0 bridgehead atoms. The molecule has 187 valence electrons. The summed E-state index contributed by atoms with van der Waals surface area (Å²) in [6.07, 6.45) is 11.0. The molecule has 0 saturated heterocycles.